The molecule has 0 unspecified atom stereocenters. The first-order valence-electron chi connectivity index (χ1n) is 11.9. The van der Waals surface area contributed by atoms with Gasteiger partial charge in [0.2, 0.25) is 0 Å². The molecule has 5 rings (SSSR count). The highest BCUT2D eigenvalue weighted by Gasteiger charge is 2.33. The average molecular weight is 628 g/mol. The summed E-state index contributed by atoms with van der Waals surface area (Å²) >= 11 is 6.04. The van der Waals surface area contributed by atoms with Gasteiger partial charge >= 0.3 is 5.97 Å². The van der Waals surface area contributed by atoms with Crippen molar-refractivity contribution in [2.24, 2.45) is 4.99 Å². The summed E-state index contributed by atoms with van der Waals surface area (Å²) in [6.07, 6.45) is 3.37. The van der Waals surface area contributed by atoms with Gasteiger partial charge in [0.1, 0.15) is 11.5 Å². The van der Waals surface area contributed by atoms with Crippen molar-refractivity contribution < 1.29 is 18.7 Å². The molecule has 0 aliphatic carbocycles. The highest BCUT2D eigenvalue weighted by molar-refractivity contribution is 9.10. The number of furan rings is 1. The monoisotopic (exact) mass is 626 g/mol. The summed E-state index contributed by atoms with van der Waals surface area (Å²) in [7, 11) is 1.57. The van der Waals surface area contributed by atoms with E-state index in [4.69, 9.17) is 13.9 Å². The number of fused-ring (bicyclic) bond motifs is 1. The molecule has 0 radical (unpaired) electrons. The summed E-state index contributed by atoms with van der Waals surface area (Å²) in [5.41, 5.74) is 2.08. The van der Waals surface area contributed by atoms with Crippen LogP contribution in [0.5, 0.6) is 5.75 Å². The van der Waals surface area contributed by atoms with Crippen LogP contribution in [0.2, 0.25) is 0 Å². The van der Waals surface area contributed by atoms with E-state index < -0.39 is 12.0 Å². The second-order valence-corrected chi connectivity index (χ2v) is 11.3. The summed E-state index contributed by atoms with van der Waals surface area (Å²) < 4.78 is 19.3. The normalized spacial score (nSPS) is 15.2. The lowest BCUT2D eigenvalue weighted by molar-refractivity contribution is -0.139. The quantitative estimate of drug-likeness (QED) is 0.219. The largest absolute Gasteiger partial charge is 0.496 e. The van der Waals surface area contributed by atoms with E-state index in [1.165, 1.54) is 27.7 Å². The molecule has 0 spiro atoms. The van der Waals surface area contributed by atoms with Gasteiger partial charge in [-0.2, -0.15) is 0 Å². The van der Waals surface area contributed by atoms with Crippen molar-refractivity contribution in [2.75, 3.05) is 13.7 Å². The number of aryl methyl sites for hydroxylation is 1. The molecule has 0 fully saturated rings. The molecule has 4 heterocycles. The number of rotatable bonds is 7. The SMILES string of the molecule is CCOC(=O)C1=C(C)N=c2s/c(=C/c3ccc(Sc4nccc(C)n4)o3)c(=O)n2[C@@H]1c1ccc(OC)c(Br)c1. The number of hydrogen-bond donors (Lipinski definition) is 0. The van der Waals surface area contributed by atoms with E-state index in [2.05, 4.69) is 30.9 Å². The van der Waals surface area contributed by atoms with E-state index >= 15 is 0 Å². The van der Waals surface area contributed by atoms with Gasteiger partial charge in [0.15, 0.2) is 15.1 Å². The lowest BCUT2D eigenvalue weighted by Crippen LogP contribution is -2.39. The van der Waals surface area contributed by atoms with Crippen LogP contribution in [0.3, 0.4) is 0 Å². The van der Waals surface area contributed by atoms with E-state index in [0.717, 1.165) is 5.69 Å². The minimum atomic E-state index is -0.731. The molecule has 1 aromatic carbocycles. The Morgan fingerprint density at radius 3 is 2.79 bits per heavy atom. The molecule has 1 atom stereocenters. The Morgan fingerprint density at radius 2 is 2.08 bits per heavy atom. The number of hydrogen-bond acceptors (Lipinski definition) is 10. The van der Waals surface area contributed by atoms with Gasteiger partial charge in [0.25, 0.3) is 5.56 Å². The van der Waals surface area contributed by atoms with Gasteiger partial charge in [-0.05, 0) is 84.4 Å². The van der Waals surface area contributed by atoms with Crippen LogP contribution >= 0.6 is 39.0 Å². The van der Waals surface area contributed by atoms with Crippen molar-refractivity contribution in [1.82, 2.24) is 14.5 Å². The number of carbonyl (C=O) groups excluding carboxylic acids is 1. The van der Waals surface area contributed by atoms with Crippen molar-refractivity contribution in [3.63, 3.8) is 0 Å². The molecule has 0 saturated carbocycles. The zero-order valence-electron chi connectivity index (χ0n) is 21.4. The molecular weight excluding hydrogens is 604 g/mol. The van der Waals surface area contributed by atoms with Crippen LogP contribution in [0, 0.1) is 6.92 Å². The van der Waals surface area contributed by atoms with Gasteiger partial charge < -0.3 is 13.9 Å². The first kappa shape index (κ1) is 27.1. The minimum Gasteiger partial charge on any atom is -0.496 e. The van der Waals surface area contributed by atoms with Gasteiger partial charge in [-0.25, -0.2) is 19.8 Å². The maximum atomic E-state index is 13.8. The number of thiazole rings is 1. The first-order chi connectivity index (χ1) is 18.8. The summed E-state index contributed by atoms with van der Waals surface area (Å²) in [5.74, 6) is 0.614. The fraction of sp³-hybridized carbons (Fsp3) is 0.222. The van der Waals surface area contributed by atoms with E-state index in [0.29, 0.717) is 52.4 Å². The third-order valence-electron chi connectivity index (χ3n) is 5.85. The predicted octanol–water partition coefficient (Wildman–Crippen LogP) is 4.41. The number of nitrogens with zero attached hydrogens (tertiary/aromatic N) is 4. The third-order valence-corrected chi connectivity index (χ3v) is 8.25. The van der Waals surface area contributed by atoms with Gasteiger partial charge in [0.05, 0.1) is 40.0 Å². The van der Waals surface area contributed by atoms with Crippen molar-refractivity contribution in [3.05, 3.63) is 95.0 Å². The Kier molecular flexibility index (Phi) is 7.87. The Bertz CT molecular complexity index is 1790. The van der Waals surface area contributed by atoms with E-state index in [-0.39, 0.29) is 12.2 Å². The molecule has 0 amide bonds. The standard InChI is InChI=1S/C27H23BrN4O5S2/c1-5-36-25(34)22-15(3)31-27-32(23(22)16-6-8-19(35-4)18(28)12-16)24(33)20(38-27)13-17-7-9-21(37-17)39-26-29-11-10-14(2)30-26/h6-13,23H,5H2,1-4H3/b20-13+/t23-/m1/s1. The molecule has 200 valence electrons. The molecule has 3 aromatic heterocycles. The highest BCUT2D eigenvalue weighted by Crippen LogP contribution is 2.35. The molecular formula is C27H23BrN4O5S2. The Labute approximate surface area is 240 Å². The smallest absolute Gasteiger partial charge is 0.338 e. The number of carbonyl (C=O) groups is 1. The van der Waals surface area contributed by atoms with Crippen LogP contribution in [0.15, 0.2) is 82.8 Å². The molecule has 0 bridgehead atoms. The summed E-state index contributed by atoms with van der Waals surface area (Å²) in [6, 6.07) is 10.1. The number of methoxy groups -OCH3 is 1. The maximum absolute atomic E-state index is 13.8. The first-order valence-corrected chi connectivity index (χ1v) is 14.3. The van der Waals surface area contributed by atoms with Gasteiger partial charge in [0, 0.05) is 18.0 Å². The van der Waals surface area contributed by atoms with E-state index in [1.54, 1.807) is 51.4 Å². The van der Waals surface area contributed by atoms with Crippen LogP contribution in [0.4, 0.5) is 0 Å². The third kappa shape index (κ3) is 5.49. The highest BCUT2D eigenvalue weighted by atomic mass is 79.9. The van der Waals surface area contributed by atoms with E-state index in [9.17, 15) is 9.59 Å². The molecule has 39 heavy (non-hydrogen) atoms. The molecule has 4 aromatic rings. The fourth-order valence-electron chi connectivity index (χ4n) is 4.12. The number of esters is 1. The summed E-state index contributed by atoms with van der Waals surface area (Å²) in [4.78, 5) is 40.6. The fourth-order valence-corrected chi connectivity index (χ4v) is 6.46. The van der Waals surface area contributed by atoms with Gasteiger partial charge in [-0.15, -0.1) is 0 Å². The second kappa shape index (κ2) is 11.3. The zero-order valence-corrected chi connectivity index (χ0v) is 24.6. The van der Waals surface area contributed by atoms with Gasteiger partial charge in [-0.1, -0.05) is 17.4 Å². The number of benzene rings is 1. The predicted molar refractivity (Wildman–Crippen MR) is 151 cm³/mol. The number of aromatic nitrogens is 3. The minimum absolute atomic E-state index is 0.200. The Balaban J connectivity index is 1.59. The molecule has 12 heteroatoms. The molecule has 0 saturated heterocycles. The molecule has 1 aliphatic rings. The van der Waals surface area contributed by atoms with Crippen molar-refractivity contribution in [3.8, 4) is 5.75 Å². The van der Waals surface area contributed by atoms with E-state index in [1.807, 2.05) is 25.1 Å². The molecule has 9 nitrogen and oxygen atoms in total. The lowest BCUT2D eigenvalue weighted by Gasteiger charge is -2.25. The number of allylic oxidation sites excluding steroid dienone is 1. The average Bonchev–Trinajstić information content (AvgIpc) is 3.46. The van der Waals surface area contributed by atoms with Gasteiger partial charge in [-0.3, -0.25) is 9.36 Å². The topological polar surface area (TPSA) is 109 Å². The van der Waals surface area contributed by atoms with Crippen LogP contribution in [0.25, 0.3) is 6.08 Å². The Hall–Kier alpha value is -3.48. The van der Waals surface area contributed by atoms with Crippen molar-refractivity contribution >= 4 is 51.1 Å². The number of ether oxygens (including phenoxy) is 2. The second-order valence-electron chi connectivity index (χ2n) is 8.44. The number of halogens is 1. The lowest BCUT2D eigenvalue weighted by atomic mass is 9.96. The van der Waals surface area contributed by atoms with Crippen LogP contribution < -0.4 is 19.6 Å². The van der Waals surface area contributed by atoms with Crippen LogP contribution in [-0.4, -0.2) is 34.2 Å². The molecule has 1 aliphatic heterocycles. The summed E-state index contributed by atoms with van der Waals surface area (Å²) in [5, 5.41) is 1.17. The van der Waals surface area contributed by atoms with Crippen molar-refractivity contribution in [2.45, 2.75) is 37.1 Å². The Morgan fingerprint density at radius 1 is 1.26 bits per heavy atom. The van der Waals surface area contributed by atoms with Crippen molar-refractivity contribution in [1.29, 1.82) is 0 Å². The summed E-state index contributed by atoms with van der Waals surface area (Å²) in [6.45, 7) is 5.58. The zero-order chi connectivity index (χ0) is 27.7. The van der Waals surface area contributed by atoms with Crippen LogP contribution in [0.1, 0.15) is 36.9 Å². The maximum Gasteiger partial charge on any atom is 0.338 e. The van der Waals surface area contributed by atoms with Crippen LogP contribution in [-0.2, 0) is 9.53 Å². The molecule has 0 N–H and O–H groups in total.